The molecule has 4 rings (SSSR count). The SMILES string of the molecule is CN1CCN(CC(=O)Nc2ccc3sc(C(=O)Nc4ccccc4N)cc3c2)CC1. The smallest absolute Gasteiger partial charge is 0.265 e. The number of piperazine rings is 1. The van der Waals surface area contributed by atoms with Crippen LogP contribution in [0.15, 0.2) is 48.5 Å². The summed E-state index contributed by atoms with van der Waals surface area (Å²) >= 11 is 1.41. The summed E-state index contributed by atoms with van der Waals surface area (Å²) in [5.74, 6) is -0.221. The number of rotatable bonds is 5. The third kappa shape index (κ3) is 4.79. The molecule has 2 aromatic carbocycles. The molecule has 2 heterocycles. The van der Waals surface area contributed by atoms with Crippen LogP contribution in [-0.4, -0.2) is 61.4 Å². The fourth-order valence-corrected chi connectivity index (χ4v) is 4.38. The molecule has 0 saturated carbocycles. The van der Waals surface area contributed by atoms with Crippen LogP contribution in [0.1, 0.15) is 9.67 Å². The van der Waals surface area contributed by atoms with Gasteiger partial charge in [0.05, 0.1) is 22.8 Å². The van der Waals surface area contributed by atoms with Crippen LogP contribution in [-0.2, 0) is 4.79 Å². The largest absolute Gasteiger partial charge is 0.397 e. The molecule has 0 atom stereocenters. The molecule has 1 aliphatic rings. The fourth-order valence-electron chi connectivity index (χ4n) is 3.44. The normalized spacial score (nSPS) is 15.2. The number of hydrogen-bond donors (Lipinski definition) is 3. The molecule has 4 N–H and O–H groups in total. The molecular weight excluding hydrogens is 398 g/mol. The number of nitrogens with zero attached hydrogens (tertiary/aromatic N) is 2. The van der Waals surface area contributed by atoms with E-state index >= 15 is 0 Å². The molecular formula is C22H25N5O2S. The van der Waals surface area contributed by atoms with Gasteiger partial charge in [0.2, 0.25) is 5.91 Å². The number of amides is 2. The lowest BCUT2D eigenvalue weighted by Gasteiger charge is -2.31. The standard InChI is InChI=1S/C22H25N5O2S/c1-26-8-10-27(11-9-26)14-21(28)24-16-6-7-19-15(12-16)13-20(30-19)22(29)25-18-5-3-2-4-17(18)23/h2-7,12-13H,8-11,14,23H2,1H3,(H,24,28)(H,25,29). The summed E-state index contributed by atoms with van der Waals surface area (Å²) in [4.78, 5) is 30.0. The zero-order valence-corrected chi connectivity index (χ0v) is 17.7. The average Bonchev–Trinajstić information content (AvgIpc) is 3.15. The van der Waals surface area contributed by atoms with Crippen molar-refractivity contribution in [2.75, 3.05) is 56.1 Å². The first-order valence-electron chi connectivity index (χ1n) is 9.88. The Bertz CT molecular complexity index is 1070. The number of fused-ring (bicyclic) bond motifs is 1. The highest BCUT2D eigenvalue weighted by Crippen LogP contribution is 2.29. The number of nitrogen functional groups attached to an aromatic ring is 1. The van der Waals surface area contributed by atoms with Gasteiger partial charge in [-0.1, -0.05) is 12.1 Å². The van der Waals surface area contributed by atoms with Crippen LogP contribution in [0.5, 0.6) is 0 Å². The Balaban J connectivity index is 1.41. The number of nitrogens with one attached hydrogen (secondary N) is 2. The van der Waals surface area contributed by atoms with Gasteiger partial charge >= 0.3 is 0 Å². The summed E-state index contributed by atoms with van der Waals surface area (Å²) in [6.07, 6.45) is 0. The maximum absolute atomic E-state index is 12.6. The van der Waals surface area contributed by atoms with Crippen LogP contribution in [0.3, 0.4) is 0 Å². The van der Waals surface area contributed by atoms with Crippen molar-refractivity contribution in [2.24, 2.45) is 0 Å². The highest BCUT2D eigenvalue weighted by atomic mass is 32.1. The Morgan fingerprint density at radius 1 is 1.03 bits per heavy atom. The van der Waals surface area contributed by atoms with E-state index in [9.17, 15) is 9.59 Å². The number of anilines is 3. The number of benzene rings is 2. The third-order valence-corrected chi connectivity index (χ3v) is 6.31. The number of likely N-dealkylation sites (N-methyl/N-ethyl adjacent to an activating group) is 1. The van der Waals surface area contributed by atoms with E-state index in [1.54, 1.807) is 12.1 Å². The van der Waals surface area contributed by atoms with Crippen LogP contribution in [0.2, 0.25) is 0 Å². The molecule has 2 amide bonds. The van der Waals surface area contributed by atoms with Gasteiger partial charge in [-0.3, -0.25) is 14.5 Å². The quantitative estimate of drug-likeness (QED) is 0.549. The van der Waals surface area contributed by atoms with E-state index < -0.39 is 0 Å². The molecule has 0 radical (unpaired) electrons. The zero-order valence-electron chi connectivity index (χ0n) is 16.9. The minimum atomic E-state index is -0.199. The minimum Gasteiger partial charge on any atom is -0.397 e. The van der Waals surface area contributed by atoms with E-state index in [1.807, 2.05) is 36.4 Å². The topological polar surface area (TPSA) is 90.7 Å². The first kappa shape index (κ1) is 20.3. The van der Waals surface area contributed by atoms with Crippen LogP contribution in [0, 0.1) is 0 Å². The van der Waals surface area contributed by atoms with Crippen LogP contribution < -0.4 is 16.4 Å². The van der Waals surface area contributed by atoms with E-state index in [0.29, 0.717) is 22.8 Å². The highest BCUT2D eigenvalue weighted by Gasteiger charge is 2.17. The van der Waals surface area contributed by atoms with E-state index in [1.165, 1.54) is 11.3 Å². The molecule has 1 aromatic heterocycles. The van der Waals surface area contributed by atoms with Gasteiger partial charge in [0.1, 0.15) is 0 Å². The second-order valence-electron chi connectivity index (χ2n) is 7.53. The van der Waals surface area contributed by atoms with Crippen molar-refractivity contribution in [2.45, 2.75) is 0 Å². The van der Waals surface area contributed by atoms with Crippen molar-refractivity contribution in [1.82, 2.24) is 9.80 Å². The molecule has 0 unspecified atom stereocenters. The molecule has 1 fully saturated rings. The molecule has 0 aliphatic carbocycles. The Morgan fingerprint density at radius 3 is 2.57 bits per heavy atom. The summed E-state index contributed by atoms with van der Waals surface area (Å²) in [5, 5.41) is 6.74. The maximum Gasteiger partial charge on any atom is 0.265 e. The summed E-state index contributed by atoms with van der Waals surface area (Å²) in [7, 11) is 2.09. The number of nitrogens with two attached hydrogens (primary N) is 1. The van der Waals surface area contributed by atoms with Crippen LogP contribution >= 0.6 is 11.3 Å². The first-order chi connectivity index (χ1) is 14.5. The van der Waals surface area contributed by atoms with Crippen molar-refractivity contribution in [3.05, 3.63) is 53.4 Å². The predicted molar refractivity (Wildman–Crippen MR) is 123 cm³/mol. The molecule has 156 valence electrons. The summed E-state index contributed by atoms with van der Waals surface area (Å²) in [6, 6.07) is 14.7. The van der Waals surface area contributed by atoms with E-state index in [-0.39, 0.29) is 11.8 Å². The van der Waals surface area contributed by atoms with E-state index in [2.05, 4.69) is 27.5 Å². The van der Waals surface area contributed by atoms with Gasteiger partial charge in [0.25, 0.3) is 5.91 Å². The molecule has 30 heavy (non-hydrogen) atoms. The van der Waals surface area contributed by atoms with Gasteiger partial charge in [-0.15, -0.1) is 11.3 Å². The number of carbonyl (C=O) groups excluding carboxylic acids is 2. The number of hydrogen-bond acceptors (Lipinski definition) is 6. The fraction of sp³-hybridized carbons (Fsp3) is 0.273. The van der Waals surface area contributed by atoms with Crippen molar-refractivity contribution in [1.29, 1.82) is 0 Å². The molecule has 0 spiro atoms. The summed E-state index contributed by atoms with van der Waals surface area (Å²) in [6.45, 7) is 4.15. The summed E-state index contributed by atoms with van der Waals surface area (Å²) in [5.41, 5.74) is 7.76. The minimum absolute atomic E-state index is 0.0216. The predicted octanol–water partition coefficient (Wildman–Crippen LogP) is 2.92. The Morgan fingerprint density at radius 2 is 1.80 bits per heavy atom. The van der Waals surface area contributed by atoms with Crippen LogP contribution in [0.4, 0.5) is 17.1 Å². The lowest BCUT2D eigenvalue weighted by Crippen LogP contribution is -2.47. The Hall–Kier alpha value is -2.94. The third-order valence-electron chi connectivity index (χ3n) is 5.20. The molecule has 7 nitrogen and oxygen atoms in total. The van der Waals surface area contributed by atoms with Gasteiger partial charge in [0, 0.05) is 36.6 Å². The second kappa shape index (κ2) is 8.83. The van der Waals surface area contributed by atoms with E-state index in [4.69, 9.17) is 5.73 Å². The number of para-hydroxylation sites is 2. The van der Waals surface area contributed by atoms with Gasteiger partial charge in [0.15, 0.2) is 0 Å². The van der Waals surface area contributed by atoms with Gasteiger partial charge in [-0.05, 0) is 48.8 Å². The van der Waals surface area contributed by atoms with Gasteiger partial charge < -0.3 is 21.3 Å². The molecule has 1 aliphatic heterocycles. The number of carbonyl (C=O) groups is 2. The molecule has 8 heteroatoms. The monoisotopic (exact) mass is 423 g/mol. The molecule has 3 aromatic rings. The highest BCUT2D eigenvalue weighted by molar-refractivity contribution is 7.20. The van der Waals surface area contributed by atoms with Gasteiger partial charge in [-0.2, -0.15) is 0 Å². The van der Waals surface area contributed by atoms with Crippen molar-refractivity contribution in [3.8, 4) is 0 Å². The first-order valence-corrected chi connectivity index (χ1v) is 10.7. The van der Waals surface area contributed by atoms with Crippen molar-refractivity contribution < 1.29 is 9.59 Å². The van der Waals surface area contributed by atoms with Crippen LogP contribution in [0.25, 0.3) is 10.1 Å². The Labute approximate surface area is 179 Å². The van der Waals surface area contributed by atoms with E-state index in [0.717, 1.165) is 42.0 Å². The van der Waals surface area contributed by atoms with Crippen molar-refractivity contribution >= 4 is 50.3 Å². The summed E-state index contributed by atoms with van der Waals surface area (Å²) < 4.78 is 0.984. The lowest BCUT2D eigenvalue weighted by atomic mass is 10.2. The lowest BCUT2D eigenvalue weighted by molar-refractivity contribution is -0.117. The second-order valence-corrected chi connectivity index (χ2v) is 8.62. The molecule has 1 saturated heterocycles. The maximum atomic E-state index is 12.6. The zero-order chi connectivity index (χ0) is 21.1. The number of thiophene rings is 1. The Kier molecular flexibility index (Phi) is 5.98. The molecule has 0 bridgehead atoms. The van der Waals surface area contributed by atoms with Gasteiger partial charge in [-0.25, -0.2) is 0 Å². The average molecular weight is 424 g/mol. The van der Waals surface area contributed by atoms with Crippen molar-refractivity contribution in [3.63, 3.8) is 0 Å².